The predicted molar refractivity (Wildman–Crippen MR) is 67.3 cm³/mol. The maximum Gasteiger partial charge on any atom is 0.355 e. The molecule has 0 radical (unpaired) electrons. The summed E-state index contributed by atoms with van der Waals surface area (Å²) in [6.07, 6.45) is 0.817. The van der Waals surface area contributed by atoms with Crippen molar-refractivity contribution in [2.45, 2.75) is 6.42 Å². The van der Waals surface area contributed by atoms with Gasteiger partial charge in [-0.3, -0.25) is 4.90 Å². The molecule has 1 aliphatic heterocycles. The Morgan fingerprint density at radius 1 is 1.53 bits per heavy atom. The molecule has 7 heteroatoms. The molecule has 2 heterocycles. The number of carboxylic acid groups (broad SMARTS) is 1. The quantitative estimate of drug-likeness (QED) is 0.895. The maximum absolute atomic E-state index is 10.6. The first kappa shape index (κ1) is 14.4. The molecule has 0 amide bonds. The number of aromatic nitrogens is 1. The molecule has 0 aromatic carbocycles. The summed E-state index contributed by atoms with van der Waals surface area (Å²) in [6.45, 7) is 4.42. The van der Waals surface area contributed by atoms with Gasteiger partial charge < -0.3 is 9.84 Å². The molecule has 2 rings (SSSR count). The van der Waals surface area contributed by atoms with Crippen LogP contribution in [0, 0.1) is 0 Å². The highest BCUT2D eigenvalue weighted by molar-refractivity contribution is 7.09. The molecular weight excluding hydrogens is 264 g/mol. The highest BCUT2D eigenvalue weighted by Crippen LogP contribution is 2.11. The van der Waals surface area contributed by atoms with Crippen molar-refractivity contribution in [3.63, 3.8) is 0 Å². The van der Waals surface area contributed by atoms with Crippen LogP contribution in [0.2, 0.25) is 0 Å². The predicted octanol–water partition coefficient (Wildman–Crippen LogP) is 1.14. The number of rotatable bonds is 4. The topological polar surface area (TPSA) is 62.7 Å². The first-order valence-electron chi connectivity index (χ1n) is 5.23. The monoisotopic (exact) mass is 278 g/mol. The van der Waals surface area contributed by atoms with Crippen LogP contribution in [-0.4, -0.2) is 53.8 Å². The lowest BCUT2D eigenvalue weighted by atomic mass is 10.3. The van der Waals surface area contributed by atoms with Crippen molar-refractivity contribution < 1.29 is 14.6 Å². The normalized spacial score (nSPS) is 16.5. The molecule has 0 unspecified atom stereocenters. The number of hydrogen-bond acceptors (Lipinski definition) is 5. The molecule has 0 bridgehead atoms. The molecule has 0 aliphatic carbocycles. The smallest absolute Gasteiger partial charge is 0.355 e. The van der Waals surface area contributed by atoms with Crippen LogP contribution in [0.4, 0.5) is 0 Å². The Hall–Kier alpha value is -0.690. The molecule has 0 saturated carbocycles. The largest absolute Gasteiger partial charge is 0.476 e. The van der Waals surface area contributed by atoms with Crippen LogP contribution in [0.1, 0.15) is 15.5 Å². The Bertz CT molecular complexity index is 366. The van der Waals surface area contributed by atoms with Crippen molar-refractivity contribution in [1.82, 2.24) is 9.88 Å². The Morgan fingerprint density at radius 2 is 2.24 bits per heavy atom. The average Bonchev–Trinajstić information content (AvgIpc) is 2.76. The highest BCUT2D eigenvalue weighted by Gasteiger charge is 2.12. The number of carbonyl (C=O) groups is 1. The van der Waals surface area contributed by atoms with Crippen LogP contribution in [-0.2, 0) is 11.2 Å². The van der Waals surface area contributed by atoms with Crippen molar-refractivity contribution in [3.05, 3.63) is 16.1 Å². The van der Waals surface area contributed by atoms with E-state index in [9.17, 15) is 4.79 Å². The summed E-state index contributed by atoms with van der Waals surface area (Å²) in [7, 11) is 0. The van der Waals surface area contributed by atoms with E-state index in [1.54, 1.807) is 5.38 Å². The molecule has 1 aromatic heterocycles. The van der Waals surface area contributed by atoms with E-state index in [1.165, 1.54) is 11.3 Å². The van der Waals surface area contributed by atoms with Gasteiger partial charge in [0.05, 0.1) is 18.2 Å². The number of aromatic carboxylic acids is 1. The number of halogens is 1. The van der Waals surface area contributed by atoms with Crippen LogP contribution < -0.4 is 0 Å². The first-order valence-corrected chi connectivity index (χ1v) is 6.11. The fraction of sp³-hybridized carbons (Fsp3) is 0.600. The van der Waals surface area contributed by atoms with Gasteiger partial charge in [-0.05, 0) is 0 Å². The zero-order valence-corrected chi connectivity index (χ0v) is 10.9. The van der Waals surface area contributed by atoms with Gasteiger partial charge in [0.2, 0.25) is 0 Å². The minimum atomic E-state index is -0.950. The molecule has 17 heavy (non-hydrogen) atoms. The Balaban J connectivity index is 0.00000144. The third-order valence-corrected chi connectivity index (χ3v) is 3.43. The lowest BCUT2D eigenvalue weighted by molar-refractivity contribution is 0.0384. The van der Waals surface area contributed by atoms with Crippen LogP contribution in [0.15, 0.2) is 5.38 Å². The summed E-state index contributed by atoms with van der Waals surface area (Å²) >= 11 is 1.42. The fourth-order valence-corrected chi connectivity index (χ4v) is 2.36. The fourth-order valence-electron chi connectivity index (χ4n) is 1.60. The Labute approximate surface area is 110 Å². The number of morpholine rings is 1. The van der Waals surface area contributed by atoms with Gasteiger partial charge in [-0.15, -0.1) is 23.7 Å². The van der Waals surface area contributed by atoms with Gasteiger partial charge in [-0.2, -0.15) is 0 Å². The van der Waals surface area contributed by atoms with E-state index >= 15 is 0 Å². The van der Waals surface area contributed by atoms with Crippen LogP contribution in [0.25, 0.3) is 0 Å². The van der Waals surface area contributed by atoms with Crippen molar-refractivity contribution in [1.29, 1.82) is 0 Å². The van der Waals surface area contributed by atoms with Gasteiger partial charge in [-0.1, -0.05) is 0 Å². The number of carboxylic acids is 1. The lowest BCUT2D eigenvalue weighted by Gasteiger charge is -2.25. The SMILES string of the molecule is Cl.O=C(O)c1csc(CCN2CCOCC2)n1. The van der Waals surface area contributed by atoms with Gasteiger partial charge in [0.25, 0.3) is 0 Å². The second kappa shape index (κ2) is 6.90. The van der Waals surface area contributed by atoms with E-state index in [0.717, 1.165) is 44.3 Å². The van der Waals surface area contributed by atoms with Crippen LogP contribution in [0.5, 0.6) is 0 Å². The van der Waals surface area contributed by atoms with E-state index < -0.39 is 5.97 Å². The van der Waals surface area contributed by atoms with Gasteiger partial charge in [-0.25, -0.2) is 9.78 Å². The van der Waals surface area contributed by atoms with Crippen LogP contribution >= 0.6 is 23.7 Å². The van der Waals surface area contributed by atoms with E-state index in [4.69, 9.17) is 9.84 Å². The summed E-state index contributed by atoms with van der Waals surface area (Å²) in [5.74, 6) is -0.950. The zero-order valence-electron chi connectivity index (χ0n) is 9.29. The summed E-state index contributed by atoms with van der Waals surface area (Å²) in [5.41, 5.74) is 0.155. The molecule has 96 valence electrons. The van der Waals surface area contributed by atoms with Gasteiger partial charge in [0.1, 0.15) is 0 Å². The molecular formula is C10H15ClN2O3S. The first-order chi connectivity index (χ1) is 7.75. The molecule has 1 fully saturated rings. The third kappa shape index (κ3) is 4.23. The van der Waals surface area contributed by atoms with Gasteiger partial charge in [0.15, 0.2) is 5.69 Å². The van der Waals surface area contributed by atoms with E-state index in [-0.39, 0.29) is 18.1 Å². The number of thiazole rings is 1. The van der Waals surface area contributed by atoms with E-state index in [0.29, 0.717) is 0 Å². The van der Waals surface area contributed by atoms with Crippen LogP contribution in [0.3, 0.4) is 0 Å². The third-order valence-electron chi connectivity index (χ3n) is 2.52. The molecule has 1 saturated heterocycles. The van der Waals surface area contributed by atoms with Crippen molar-refractivity contribution >= 4 is 29.7 Å². The van der Waals surface area contributed by atoms with E-state index in [2.05, 4.69) is 9.88 Å². The zero-order chi connectivity index (χ0) is 11.4. The molecule has 1 N–H and O–H groups in total. The van der Waals surface area contributed by atoms with Crippen molar-refractivity contribution in [2.24, 2.45) is 0 Å². The molecule has 0 spiro atoms. The number of nitrogens with zero attached hydrogens (tertiary/aromatic N) is 2. The maximum atomic E-state index is 10.6. The number of hydrogen-bond donors (Lipinski definition) is 1. The van der Waals surface area contributed by atoms with Gasteiger partial charge >= 0.3 is 5.97 Å². The highest BCUT2D eigenvalue weighted by atomic mass is 35.5. The van der Waals surface area contributed by atoms with Gasteiger partial charge in [0, 0.05) is 31.4 Å². The second-order valence-electron chi connectivity index (χ2n) is 3.64. The lowest BCUT2D eigenvalue weighted by Crippen LogP contribution is -2.37. The summed E-state index contributed by atoms with van der Waals surface area (Å²) in [5, 5.41) is 11.2. The van der Waals surface area contributed by atoms with E-state index in [1.807, 2.05) is 0 Å². The summed E-state index contributed by atoms with van der Waals surface area (Å²) < 4.78 is 5.25. The Kier molecular flexibility index (Phi) is 5.84. The second-order valence-corrected chi connectivity index (χ2v) is 4.58. The number of ether oxygens (including phenoxy) is 1. The van der Waals surface area contributed by atoms with Crippen molar-refractivity contribution in [3.8, 4) is 0 Å². The molecule has 1 aromatic rings. The average molecular weight is 279 g/mol. The molecule has 1 aliphatic rings. The minimum absolute atomic E-state index is 0. The summed E-state index contributed by atoms with van der Waals surface area (Å²) in [6, 6.07) is 0. The molecule has 0 atom stereocenters. The van der Waals surface area contributed by atoms with Crippen molar-refractivity contribution in [2.75, 3.05) is 32.8 Å². The standard InChI is InChI=1S/C10H14N2O3S.ClH/c13-10(14)8-7-16-9(11-8)1-2-12-3-5-15-6-4-12;/h7H,1-6H2,(H,13,14);1H. The Morgan fingerprint density at radius 3 is 2.82 bits per heavy atom. The molecule has 5 nitrogen and oxygen atoms in total. The summed E-state index contributed by atoms with van der Waals surface area (Å²) in [4.78, 5) is 17.0. The minimum Gasteiger partial charge on any atom is -0.476 e.